The number of halogens is 2. The van der Waals surface area contributed by atoms with E-state index in [-0.39, 0.29) is 18.2 Å². The Kier molecular flexibility index (Phi) is 6.25. The van der Waals surface area contributed by atoms with Crippen molar-refractivity contribution < 1.29 is 18.3 Å². The summed E-state index contributed by atoms with van der Waals surface area (Å²) in [5.41, 5.74) is 1.19. The van der Waals surface area contributed by atoms with Crippen molar-refractivity contribution in [3.8, 4) is 5.75 Å². The zero-order valence-electron chi connectivity index (χ0n) is 15.2. The fourth-order valence-corrected chi connectivity index (χ4v) is 3.03. The van der Waals surface area contributed by atoms with Crippen LogP contribution in [-0.2, 0) is 11.4 Å². The van der Waals surface area contributed by atoms with Crippen LogP contribution in [0.15, 0.2) is 47.6 Å². The van der Waals surface area contributed by atoms with Gasteiger partial charge in [-0.15, -0.1) is 5.10 Å². The largest absolute Gasteiger partial charge is 0.485 e. The highest BCUT2D eigenvalue weighted by Gasteiger charge is 2.18. The highest BCUT2D eigenvalue weighted by Crippen LogP contribution is 2.22. The summed E-state index contributed by atoms with van der Waals surface area (Å²) in [4.78, 5) is 16.5. The second kappa shape index (κ2) is 8.83. The van der Waals surface area contributed by atoms with E-state index in [1.54, 1.807) is 6.92 Å². The molecule has 3 aromatic rings. The first-order chi connectivity index (χ1) is 13.4. The summed E-state index contributed by atoms with van der Waals surface area (Å²) in [6.45, 7) is 3.83. The number of amides is 1. The van der Waals surface area contributed by atoms with Crippen molar-refractivity contribution in [1.82, 2.24) is 15.2 Å². The first-order valence-corrected chi connectivity index (χ1v) is 9.32. The number of para-hydroxylation sites is 1. The summed E-state index contributed by atoms with van der Waals surface area (Å²) in [5, 5.41) is 9.21. The summed E-state index contributed by atoms with van der Waals surface area (Å²) in [6.07, 6.45) is 0. The molecule has 0 aliphatic carbocycles. The predicted octanol–water partition coefficient (Wildman–Crippen LogP) is 4.09. The standard InChI is InChI=1S/C19H18F2N4O2S/c1-11-5-3-4-6-16(11)27-10-17-23-19(25-24-17)28-12(2)18(26)22-13-7-8-14(20)15(21)9-13/h3-9,12H,10H2,1-2H3,(H,22,26)(H,23,24,25)/t12-/m1/s1. The first kappa shape index (κ1) is 19.8. The number of carbonyl (C=O) groups is 1. The van der Waals surface area contributed by atoms with Crippen LogP contribution >= 0.6 is 11.8 Å². The zero-order chi connectivity index (χ0) is 20.1. The molecule has 0 fully saturated rings. The third-order valence-corrected chi connectivity index (χ3v) is 4.77. The molecule has 0 saturated heterocycles. The van der Waals surface area contributed by atoms with E-state index < -0.39 is 16.9 Å². The van der Waals surface area contributed by atoms with E-state index in [0.29, 0.717) is 11.0 Å². The first-order valence-electron chi connectivity index (χ1n) is 8.44. The van der Waals surface area contributed by atoms with Gasteiger partial charge in [0.15, 0.2) is 17.5 Å². The van der Waals surface area contributed by atoms with E-state index >= 15 is 0 Å². The van der Waals surface area contributed by atoms with Gasteiger partial charge in [-0.3, -0.25) is 9.89 Å². The molecule has 1 atom stereocenters. The van der Waals surface area contributed by atoms with Gasteiger partial charge >= 0.3 is 0 Å². The van der Waals surface area contributed by atoms with E-state index in [0.717, 1.165) is 35.2 Å². The number of rotatable bonds is 7. The number of aromatic nitrogens is 3. The molecule has 6 nitrogen and oxygen atoms in total. The lowest BCUT2D eigenvalue weighted by Gasteiger charge is -2.10. The Morgan fingerprint density at radius 1 is 1.25 bits per heavy atom. The summed E-state index contributed by atoms with van der Waals surface area (Å²) in [6, 6.07) is 10.8. The molecular weight excluding hydrogens is 386 g/mol. The second-order valence-electron chi connectivity index (χ2n) is 6.00. The van der Waals surface area contributed by atoms with Crippen molar-refractivity contribution in [3.05, 3.63) is 65.5 Å². The number of H-pyrrole nitrogens is 1. The van der Waals surface area contributed by atoms with Crippen LogP contribution in [-0.4, -0.2) is 26.3 Å². The maximum Gasteiger partial charge on any atom is 0.237 e. The lowest BCUT2D eigenvalue weighted by molar-refractivity contribution is -0.115. The monoisotopic (exact) mass is 404 g/mol. The van der Waals surface area contributed by atoms with Gasteiger partial charge in [0, 0.05) is 11.8 Å². The highest BCUT2D eigenvalue weighted by atomic mass is 32.2. The van der Waals surface area contributed by atoms with Gasteiger partial charge in [-0.2, -0.15) is 0 Å². The molecule has 0 saturated carbocycles. The van der Waals surface area contributed by atoms with Crippen LogP contribution in [0.1, 0.15) is 18.3 Å². The molecule has 0 spiro atoms. The Hall–Kier alpha value is -2.94. The number of nitrogens with zero attached hydrogens (tertiary/aromatic N) is 2. The van der Waals surface area contributed by atoms with E-state index in [4.69, 9.17) is 4.74 Å². The van der Waals surface area contributed by atoms with Gasteiger partial charge in [0.25, 0.3) is 0 Å². The lowest BCUT2D eigenvalue weighted by Crippen LogP contribution is -2.22. The number of hydrogen-bond donors (Lipinski definition) is 2. The predicted molar refractivity (Wildman–Crippen MR) is 102 cm³/mol. The van der Waals surface area contributed by atoms with Gasteiger partial charge in [0.1, 0.15) is 12.4 Å². The van der Waals surface area contributed by atoms with Gasteiger partial charge in [-0.25, -0.2) is 13.8 Å². The van der Waals surface area contributed by atoms with Crippen LogP contribution in [0.4, 0.5) is 14.5 Å². The molecule has 28 heavy (non-hydrogen) atoms. The van der Waals surface area contributed by atoms with Gasteiger partial charge in [-0.1, -0.05) is 30.0 Å². The number of aromatic amines is 1. The number of nitrogens with one attached hydrogen (secondary N) is 2. The van der Waals surface area contributed by atoms with Gasteiger partial charge in [0.2, 0.25) is 11.1 Å². The van der Waals surface area contributed by atoms with Crippen molar-refractivity contribution in [3.63, 3.8) is 0 Å². The Morgan fingerprint density at radius 3 is 2.79 bits per heavy atom. The number of aryl methyl sites for hydroxylation is 1. The van der Waals surface area contributed by atoms with Crippen LogP contribution in [0, 0.1) is 18.6 Å². The minimum atomic E-state index is -1.02. The number of carbonyl (C=O) groups excluding carboxylic acids is 1. The molecule has 0 unspecified atom stereocenters. The molecule has 0 radical (unpaired) electrons. The third kappa shape index (κ3) is 5.07. The van der Waals surface area contributed by atoms with E-state index in [2.05, 4.69) is 20.5 Å². The van der Waals surface area contributed by atoms with Crippen LogP contribution in [0.3, 0.4) is 0 Å². The molecule has 0 bridgehead atoms. The van der Waals surface area contributed by atoms with Crippen LogP contribution in [0.25, 0.3) is 0 Å². The van der Waals surface area contributed by atoms with E-state index in [1.807, 2.05) is 31.2 Å². The summed E-state index contributed by atoms with van der Waals surface area (Å²) in [5.74, 6) is -1.09. The zero-order valence-corrected chi connectivity index (χ0v) is 16.0. The van der Waals surface area contributed by atoms with Crippen molar-refractivity contribution in [2.75, 3.05) is 5.32 Å². The molecule has 146 valence electrons. The average molecular weight is 404 g/mol. The van der Waals surface area contributed by atoms with Crippen molar-refractivity contribution in [2.45, 2.75) is 30.9 Å². The van der Waals surface area contributed by atoms with Crippen molar-refractivity contribution in [1.29, 1.82) is 0 Å². The molecule has 3 rings (SSSR count). The number of thioether (sulfide) groups is 1. The minimum absolute atomic E-state index is 0.179. The Labute approximate surface area is 164 Å². The fourth-order valence-electron chi connectivity index (χ4n) is 2.29. The molecule has 2 N–H and O–H groups in total. The molecule has 1 aromatic heterocycles. The quantitative estimate of drug-likeness (QED) is 0.580. The Balaban J connectivity index is 1.54. The molecule has 9 heteroatoms. The Morgan fingerprint density at radius 2 is 2.04 bits per heavy atom. The average Bonchev–Trinajstić information content (AvgIpc) is 3.11. The maximum absolute atomic E-state index is 13.2. The number of ether oxygens (including phenoxy) is 1. The number of anilines is 1. The smallest absolute Gasteiger partial charge is 0.237 e. The number of benzene rings is 2. The minimum Gasteiger partial charge on any atom is -0.485 e. The summed E-state index contributed by atoms with van der Waals surface area (Å²) < 4.78 is 31.9. The molecule has 1 heterocycles. The van der Waals surface area contributed by atoms with Gasteiger partial charge in [0.05, 0.1) is 5.25 Å². The highest BCUT2D eigenvalue weighted by molar-refractivity contribution is 8.00. The fraction of sp³-hybridized carbons (Fsp3) is 0.211. The van der Waals surface area contributed by atoms with Crippen LogP contribution < -0.4 is 10.1 Å². The SMILES string of the molecule is Cc1ccccc1OCc1nc(S[C@H](C)C(=O)Nc2ccc(F)c(F)c2)n[nH]1. The molecule has 1 amide bonds. The summed E-state index contributed by atoms with van der Waals surface area (Å²) >= 11 is 1.14. The lowest BCUT2D eigenvalue weighted by atomic mass is 10.2. The van der Waals surface area contributed by atoms with Crippen LogP contribution in [0.5, 0.6) is 5.75 Å². The molecule has 2 aromatic carbocycles. The third-order valence-electron chi connectivity index (χ3n) is 3.81. The normalized spacial score (nSPS) is 11.9. The molecule has 0 aliphatic heterocycles. The molecule has 0 aliphatic rings. The topological polar surface area (TPSA) is 79.9 Å². The van der Waals surface area contributed by atoms with E-state index in [9.17, 15) is 13.6 Å². The maximum atomic E-state index is 13.2. The van der Waals surface area contributed by atoms with E-state index in [1.165, 1.54) is 6.07 Å². The van der Waals surface area contributed by atoms with Gasteiger partial charge in [-0.05, 0) is 37.6 Å². The summed E-state index contributed by atoms with van der Waals surface area (Å²) in [7, 11) is 0. The molecular formula is C19H18F2N4O2S. The Bertz CT molecular complexity index is 980. The van der Waals surface area contributed by atoms with Crippen LogP contribution in [0.2, 0.25) is 0 Å². The van der Waals surface area contributed by atoms with Gasteiger partial charge < -0.3 is 10.1 Å². The number of hydrogen-bond acceptors (Lipinski definition) is 5. The van der Waals surface area contributed by atoms with Crippen molar-refractivity contribution in [2.24, 2.45) is 0 Å². The van der Waals surface area contributed by atoms with Crippen molar-refractivity contribution >= 4 is 23.4 Å². The second-order valence-corrected chi connectivity index (χ2v) is 7.31.